The van der Waals surface area contributed by atoms with Gasteiger partial charge < -0.3 is 11.1 Å². The number of aromatic nitrogens is 2. The molecule has 19 heavy (non-hydrogen) atoms. The molecule has 1 aromatic rings. The zero-order valence-electron chi connectivity index (χ0n) is 11.7. The molecular weight excluding hydrogens is 242 g/mol. The average molecular weight is 265 g/mol. The molecule has 0 bridgehead atoms. The first kappa shape index (κ1) is 13.9. The molecule has 1 unspecified atom stereocenters. The average Bonchev–Trinajstić information content (AvgIpc) is 3.01. The molecule has 2 rings (SSSR count). The van der Waals surface area contributed by atoms with Gasteiger partial charge in [-0.1, -0.05) is 6.92 Å². The lowest BCUT2D eigenvalue weighted by Crippen LogP contribution is -2.40. The quantitative estimate of drug-likeness (QED) is 0.821. The SMILES string of the molecule is CCN1CCCC1CNC(=O)c1nn(CC)cc1N. The van der Waals surface area contributed by atoms with E-state index >= 15 is 0 Å². The molecule has 3 N–H and O–H groups in total. The monoisotopic (exact) mass is 265 g/mol. The van der Waals surface area contributed by atoms with E-state index in [9.17, 15) is 4.79 Å². The van der Waals surface area contributed by atoms with Crippen LogP contribution in [0.15, 0.2) is 6.20 Å². The van der Waals surface area contributed by atoms with Crippen LogP contribution in [0.3, 0.4) is 0 Å². The third-order valence-electron chi connectivity index (χ3n) is 3.73. The van der Waals surface area contributed by atoms with Gasteiger partial charge in [0, 0.05) is 25.3 Å². The van der Waals surface area contributed by atoms with E-state index in [1.807, 2.05) is 6.92 Å². The number of nitrogens with zero attached hydrogens (tertiary/aromatic N) is 3. The molecule has 0 aromatic carbocycles. The molecule has 0 aliphatic carbocycles. The van der Waals surface area contributed by atoms with Crippen LogP contribution in [0.25, 0.3) is 0 Å². The second-order valence-electron chi connectivity index (χ2n) is 4.92. The lowest BCUT2D eigenvalue weighted by atomic mass is 10.2. The van der Waals surface area contributed by atoms with Crippen molar-refractivity contribution in [3.63, 3.8) is 0 Å². The summed E-state index contributed by atoms with van der Waals surface area (Å²) in [5.74, 6) is -0.173. The summed E-state index contributed by atoms with van der Waals surface area (Å²) in [7, 11) is 0. The van der Waals surface area contributed by atoms with Gasteiger partial charge in [-0.15, -0.1) is 0 Å². The number of hydrogen-bond donors (Lipinski definition) is 2. The van der Waals surface area contributed by atoms with E-state index in [2.05, 4.69) is 22.2 Å². The number of carbonyl (C=O) groups is 1. The largest absolute Gasteiger partial charge is 0.396 e. The number of anilines is 1. The van der Waals surface area contributed by atoms with Crippen molar-refractivity contribution >= 4 is 11.6 Å². The molecule has 0 spiro atoms. The van der Waals surface area contributed by atoms with Crippen molar-refractivity contribution in [2.24, 2.45) is 0 Å². The smallest absolute Gasteiger partial charge is 0.273 e. The minimum absolute atomic E-state index is 0.173. The van der Waals surface area contributed by atoms with Gasteiger partial charge in [0.2, 0.25) is 0 Å². The summed E-state index contributed by atoms with van der Waals surface area (Å²) >= 11 is 0. The van der Waals surface area contributed by atoms with E-state index in [-0.39, 0.29) is 5.91 Å². The topological polar surface area (TPSA) is 76.2 Å². The van der Waals surface area contributed by atoms with Crippen molar-refractivity contribution in [1.82, 2.24) is 20.0 Å². The van der Waals surface area contributed by atoms with Crippen LogP contribution in [0.5, 0.6) is 0 Å². The Hall–Kier alpha value is -1.56. The van der Waals surface area contributed by atoms with E-state index in [4.69, 9.17) is 5.73 Å². The summed E-state index contributed by atoms with van der Waals surface area (Å²) in [5, 5.41) is 7.13. The lowest BCUT2D eigenvalue weighted by Gasteiger charge is -2.22. The third-order valence-corrected chi connectivity index (χ3v) is 3.73. The van der Waals surface area contributed by atoms with E-state index in [0.717, 1.165) is 19.5 Å². The first-order valence-corrected chi connectivity index (χ1v) is 7.00. The van der Waals surface area contributed by atoms with Crippen LogP contribution in [0.2, 0.25) is 0 Å². The molecule has 6 nitrogen and oxygen atoms in total. The number of nitrogen functional groups attached to an aromatic ring is 1. The molecule has 1 amide bonds. The maximum atomic E-state index is 12.1. The van der Waals surface area contributed by atoms with Crippen molar-refractivity contribution in [1.29, 1.82) is 0 Å². The Kier molecular flexibility index (Phi) is 4.42. The number of nitrogens with one attached hydrogen (secondary N) is 1. The Morgan fingerprint density at radius 2 is 2.32 bits per heavy atom. The molecule has 1 saturated heterocycles. The van der Waals surface area contributed by atoms with Crippen LogP contribution in [0.1, 0.15) is 37.2 Å². The van der Waals surface area contributed by atoms with Crippen LogP contribution in [-0.4, -0.2) is 46.3 Å². The number of hydrogen-bond acceptors (Lipinski definition) is 4. The molecule has 1 fully saturated rings. The van der Waals surface area contributed by atoms with Gasteiger partial charge in [0.25, 0.3) is 5.91 Å². The fourth-order valence-corrected chi connectivity index (χ4v) is 2.61. The zero-order valence-corrected chi connectivity index (χ0v) is 11.7. The molecule has 6 heteroatoms. The van der Waals surface area contributed by atoms with Crippen molar-refractivity contribution in [2.45, 2.75) is 39.3 Å². The molecule has 2 heterocycles. The Morgan fingerprint density at radius 3 is 2.95 bits per heavy atom. The summed E-state index contributed by atoms with van der Waals surface area (Å²) in [6.45, 7) is 7.67. The van der Waals surface area contributed by atoms with Gasteiger partial charge in [-0.2, -0.15) is 5.10 Å². The van der Waals surface area contributed by atoms with Gasteiger partial charge in [0.15, 0.2) is 5.69 Å². The number of likely N-dealkylation sites (tertiary alicyclic amines) is 1. The van der Waals surface area contributed by atoms with Crippen LogP contribution in [0, 0.1) is 0 Å². The van der Waals surface area contributed by atoms with Gasteiger partial charge >= 0.3 is 0 Å². The first-order valence-electron chi connectivity index (χ1n) is 7.00. The van der Waals surface area contributed by atoms with Crippen LogP contribution >= 0.6 is 0 Å². The maximum Gasteiger partial charge on any atom is 0.273 e. The number of amides is 1. The molecule has 106 valence electrons. The van der Waals surface area contributed by atoms with E-state index in [0.29, 0.717) is 30.5 Å². The van der Waals surface area contributed by atoms with Crippen molar-refractivity contribution < 1.29 is 4.79 Å². The second kappa shape index (κ2) is 6.06. The highest BCUT2D eigenvalue weighted by Crippen LogP contribution is 2.16. The predicted octanol–water partition coefficient (Wildman–Crippen LogP) is 0.699. The van der Waals surface area contributed by atoms with Crippen LogP contribution in [-0.2, 0) is 6.54 Å². The van der Waals surface area contributed by atoms with E-state index in [1.165, 1.54) is 6.42 Å². The molecule has 1 atom stereocenters. The Balaban J connectivity index is 1.92. The number of carbonyl (C=O) groups excluding carboxylic acids is 1. The first-order chi connectivity index (χ1) is 9.15. The van der Waals surface area contributed by atoms with Gasteiger partial charge in [0.05, 0.1) is 5.69 Å². The van der Waals surface area contributed by atoms with Crippen LogP contribution < -0.4 is 11.1 Å². The van der Waals surface area contributed by atoms with Gasteiger partial charge in [-0.3, -0.25) is 14.4 Å². The predicted molar refractivity (Wildman–Crippen MR) is 74.9 cm³/mol. The Bertz CT molecular complexity index is 442. The summed E-state index contributed by atoms with van der Waals surface area (Å²) in [4.78, 5) is 14.5. The zero-order chi connectivity index (χ0) is 13.8. The fraction of sp³-hybridized carbons (Fsp3) is 0.692. The minimum Gasteiger partial charge on any atom is -0.396 e. The standard InChI is InChI=1S/C13H23N5O/c1-3-17-7-5-6-10(17)8-15-13(19)12-11(14)9-18(4-2)16-12/h9-10H,3-8,14H2,1-2H3,(H,15,19). The Morgan fingerprint density at radius 1 is 1.53 bits per heavy atom. The fourth-order valence-electron chi connectivity index (χ4n) is 2.61. The third kappa shape index (κ3) is 3.07. The van der Waals surface area contributed by atoms with Crippen molar-refractivity contribution in [2.75, 3.05) is 25.4 Å². The molecule has 1 aliphatic heterocycles. The normalized spacial score (nSPS) is 19.8. The summed E-state index contributed by atoms with van der Waals surface area (Å²) in [6.07, 6.45) is 4.05. The van der Waals surface area contributed by atoms with Crippen molar-refractivity contribution in [3.05, 3.63) is 11.9 Å². The van der Waals surface area contributed by atoms with E-state index in [1.54, 1.807) is 10.9 Å². The highest BCUT2D eigenvalue weighted by Gasteiger charge is 2.24. The molecule has 0 saturated carbocycles. The van der Waals surface area contributed by atoms with Crippen molar-refractivity contribution in [3.8, 4) is 0 Å². The lowest BCUT2D eigenvalue weighted by molar-refractivity contribution is 0.0936. The highest BCUT2D eigenvalue weighted by molar-refractivity contribution is 5.97. The number of aryl methyl sites for hydroxylation is 1. The minimum atomic E-state index is -0.173. The number of nitrogens with two attached hydrogens (primary N) is 1. The maximum absolute atomic E-state index is 12.1. The Labute approximate surface area is 113 Å². The molecular formula is C13H23N5O. The molecule has 1 aliphatic rings. The summed E-state index contributed by atoms with van der Waals surface area (Å²) < 4.78 is 1.68. The van der Waals surface area contributed by atoms with Gasteiger partial charge in [0.1, 0.15) is 0 Å². The molecule has 0 radical (unpaired) electrons. The number of likely N-dealkylation sites (N-methyl/N-ethyl adjacent to an activating group) is 1. The number of rotatable bonds is 5. The summed E-state index contributed by atoms with van der Waals surface area (Å²) in [6, 6.07) is 0.448. The second-order valence-corrected chi connectivity index (χ2v) is 4.92. The highest BCUT2D eigenvalue weighted by atomic mass is 16.2. The summed E-state index contributed by atoms with van der Waals surface area (Å²) in [5.41, 5.74) is 6.58. The molecule has 1 aromatic heterocycles. The van der Waals surface area contributed by atoms with Gasteiger partial charge in [-0.25, -0.2) is 0 Å². The van der Waals surface area contributed by atoms with Crippen LogP contribution in [0.4, 0.5) is 5.69 Å². The van der Waals surface area contributed by atoms with E-state index < -0.39 is 0 Å². The van der Waals surface area contributed by atoms with Gasteiger partial charge in [-0.05, 0) is 32.9 Å².